The molecule has 31 heavy (non-hydrogen) atoms. The van der Waals surface area contributed by atoms with Gasteiger partial charge in [-0.05, 0) is 49.2 Å². The number of hydrogen-bond donors (Lipinski definition) is 2. The van der Waals surface area contributed by atoms with Gasteiger partial charge in [0.2, 0.25) is 10.0 Å². The second-order valence-electron chi connectivity index (χ2n) is 7.13. The van der Waals surface area contributed by atoms with Crippen LogP contribution in [0.25, 0.3) is 10.9 Å². The number of carbonyl (C=O) groups is 1. The summed E-state index contributed by atoms with van der Waals surface area (Å²) in [5, 5.41) is 10.2. The minimum atomic E-state index is -3.88. The third-order valence-corrected chi connectivity index (χ3v) is 7.33. The highest BCUT2D eigenvalue weighted by molar-refractivity contribution is 7.89. The van der Waals surface area contributed by atoms with Gasteiger partial charge in [-0.1, -0.05) is 29.8 Å². The molecule has 1 aliphatic rings. The van der Waals surface area contributed by atoms with Crippen molar-refractivity contribution in [3.05, 3.63) is 65.3 Å². The molecule has 0 radical (unpaired) electrons. The lowest BCUT2D eigenvalue weighted by atomic mass is 10.1. The van der Waals surface area contributed by atoms with Crippen LogP contribution in [0.1, 0.15) is 18.4 Å². The second kappa shape index (κ2) is 8.80. The van der Waals surface area contributed by atoms with Gasteiger partial charge in [0, 0.05) is 17.5 Å². The molecule has 8 nitrogen and oxygen atoms in total. The van der Waals surface area contributed by atoms with Crippen LogP contribution in [0.4, 0.5) is 0 Å². The van der Waals surface area contributed by atoms with Gasteiger partial charge in [-0.15, -0.1) is 0 Å². The van der Waals surface area contributed by atoms with Crippen molar-refractivity contribution in [1.82, 2.24) is 14.8 Å². The van der Waals surface area contributed by atoms with Gasteiger partial charge in [0.05, 0.1) is 10.4 Å². The van der Waals surface area contributed by atoms with Gasteiger partial charge in [0.1, 0.15) is 23.6 Å². The van der Waals surface area contributed by atoms with Crippen LogP contribution in [0.3, 0.4) is 0 Å². The number of rotatable bonds is 6. The number of para-hydroxylation sites is 1. The maximum absolute atomic E-state index is 12.9. The minimum absolute atomic E-state index is 0.0508. The lowest BCUT2D eigenvalue weighted by Gasteiger charge is -2.22. The van der Waals surface area contributed by atoms with Crippen molar-refractivity contribution in [2.75, 3.05) is 6.54 Å². The molecule has 1 fully saturated rings. The number of amides is 1. The smallest absolute Gasteiger partial charge is 0.261 e. The topological polar surface area (TPSA) is 109 Å². The number of hydroxylamine groups is 1. The zero-order valence-electron chi connectivity index (χ0n) is 16.4. The van der Waals surface area contributed by atoms with Gasteiger partial charge in [-0.3, -0.25) is 10.0 Å². The molecule has 4 rings (SSSR count). The summed E-state index contributed by atoms with van der Waals surface area (Å²) in [5.41, 5.74) is 3.17. The first kappa shape index (κ1) is 21.5. The Morgan fingerprint density at radius 2 is 1.97 bits per heavy atom. The van der Waals surface area contributed by atoms with E-state index < -0.39 is 22.0 Å². The molecule has 0 bridgehead atoms. The van der Waals surface area contributed by atoms with Crippen LogP contribution in [0, 0.1) is 0 Å². The Labute approximate surface area is 184 Å². The molecule has 2 N–H and O–H groups in total. The molecule has 2 heterocycles. The summed E-state index contributed by atoms with van der Waals surface area (Å²) < 4.78 is 32.8. The lowest BCUT2D eigenvalue weighted by Crippen LogP contribution is -2.44. The molecule has 1 amide bonds. The summed E-state index contributed by atoms with van der Waals surface area (Å²) in [6.45, 7) is 0.453. The van der Waals surface area contributed by atoms with E-state index in [1.807, 2.05) is 24.3 Å². The van der Waals surface area contributed by atoms with E-state index in [1.165, 1.54) is 17.6 Å². The number of benzene rings is 2. The molecule has 0 spiro atoms. The predicted octanol–water partition coefficient (Wildman–Crippen LogP) is 3.13. The minimum Gasteiger partial charge on any atom is -0.489 e. The molecule has 0 unspecified atom stereocenters. The van der Waals surface area contributed by atoms with Crippen molar-refractivity contribution < 1.29 is 23.2 Å². The maximum atomic E-state index is 12.9. The molecule has 1 aromatic heterocycles. The number of nitrogens with zero attached hydrogens (tertiary/aromatic N) is 2. The van der Waals surface area contributed by atoms with E-state index in [2.05, 4.69) is 4.98 Å². The van der Waals surface area contributed by atoms with Crippen molar-refractivity contribution in [3.8, 4) is 5.75 Å². The Kier molecular flexibility index (Phi) is 6.10. The first-order valence-electron chi connectivity index (χ1n) is 9.63. The quantitative estimate of drug-likeness (QED) is 0.331. The fraction of sp³-hybridized carbons (Fsp3) is 0.238. The summed E-state index contributed by atoms with van der Waals surface area (Å²) in [6, 6.07) is 14.4. The van der Waals surface area contributed by atoms with Crippen molar-refractivity contribution in [3.63, 3.8) is 0 Å². The van der Waals surface area contributed by atoms with Gasteiger partial charge in [-0.2, -0.15) is 4.31 Å². The number of fused-ring (bicyclic) bond motifs is 1. The summed E-state index contributed by atoms with van der Waals surface area (Å²) >= 11 is 6.10. The van der Waals surface area contributed by atoms with E-state index in [9.17, 15) is 13.2 Å². The number of nitrogens with one attached hydrogen (secondary N) is 1. The molecule has 3 aromatic rings. The molecule has 1 aliphatic heterocycles. The average Bonchev–Trinajstić information content (AvgIpc) is 3.28. The van der Waals surface area contributed by atoms with Crippen LogP contribution in [-0.2, 0) is 21.4 Å². The van der Waals surface area contributed by atoms with E-state index in [0.717, 1.165) is 20.8 Å². The maximum Gasteiger partial charge on any atom is 0.261 e. The second-order valence-corrected chi connectivity index (χ2v) is 9.41. The molecule has 1 saturated heterocycles. The average molecular weight is 462 g/mol. The molecule has 1 atom stereocenters. The first-order chi connectivity index (χ1) is 14.9. The fourth-order valence-electron chi connectivity index (χ4n) is 3.70. The van der Waals surface area contributed by atoms with Gasteiger partial charge < -0.3 is 4.74 Å². The number of pyridine rings is 1. The first-order valence-corrected chi connectivity index (χ1v) is 11.4. The van der Waals surface area contributed by atoms with Gasteiger partial charge in [-0.25, -0.2) is 18.9 Å². The van der Waals surface area contributed by atoms with Crippen molar-refractivity contribution in [2.24, 2.45) is 0 Å². The SMILES string of the molecule is O=C(NO)[C@H]1CCCN1S(=O)(=O)c1ccc(OCc2cc(Cl)nc3ccccc23)cc1. The molecular weight excluding hydrogens is 442 g/mol. The standard InChI is InChI=1S/C21H20ClN3O5S/c22-20-12-14(17-4-1-2-5-18(17)23-20)13-30-15-7-9-16(10-8-15)31(28,29)25-11-3-6-19(25)21(26)24-27/h1-2,4-5,7-10,12,19,27H,3,6,11,13H2,(H,24,26)/t19-/m1/s1. The van der Waals surface area contributed by atoms with E-state index in [4.69, 9.17) is 21.5 Å². The van der Waals surface area contributed by atoms with Crippen molar-refractivity contribution >= 4 is 38.4 Å². The van der Waals surface area contributed by atoms with Gasteiger partial charge in [0.25, 0.3) is 5.91 Å². The molecule has 162 valence electrons. The molecule has 10 heteroatoms. The number of aromatic nitrogens is 1. The van der Waals surface area contributed by atoms with E-state index >= 15 is 0 Å². The Balaban J connectivity index is 1.51. The summed E-state index contributed by atoms with van der Waals surface area (Å²) in [4.78, 5) is 16.1. The Morgan fingerprint density at radius 3 is 2.71 bits per heavy atom. The third kappa shape index (κ3) is 4.35. The Morgan fingerprint density at radius 1 is 1.23 bits per heavy atom. The molecular formula is C21H20ClN3O5S. The molecule has 0 saturated carbocycles. The highest BCUT2D eigenvalue weighted by atomic mass is 35.5. The summed E-state index contributed by atoms with van der Waals surface area (Å²) in [6.07, 6.45) is 0.899. The van der Waals surface area contributed by atoms with Gasteiger partial charge in [0.15, 0.2) is 0 Å². The predicted molar refractivity (Wildman–Crippen MR) is 114 cm³/mol. The van der Waals surface area contributed by atoms with Gasteiger partial charge >= 0.3 is 0 Å². The summed E-state index contributed by atoms with van der Waals surface area (Å²) in [5.74, 6) is -0.244. The Hall–Kier alpha value is -2.72. The summed E-state index contributed by atoms with van der Waals surface area (Å²) in [7, 11) is -3.88. The highest BCUT2D eigenvalue weighted by Crippen LogP contribution is 2.28. The monoisotopic (exact) mass is 461 g/mol. The zero-order valence-corrected chi connectivity index (χ0v) is 17.9. The molecule has 0 aliphatic carbocycles. The van der Waals surface area contributed by atoms with Crippen LogP contribution < -0.4 is 10.2 Å². The fourth-order valence-corrected chi connectivity index (χ4v) is 5.58. The normalized spacial score (nSPS) is 17.0. The number of ether oxygens (including phenoxy) is 1. The van der Waals surface area contributed by atoms with E-state index in [1.54, 1.807) is 18.2 Å². The number of halogens is 1. The van der Waals surface area contributed by atoms with Crippen LogP contribution in [-0.4, -0.2) is 41.4 Å². The van der Waals surface area contributed by atoms with Crippen LogP contribution in [0.2, 0.25) is 5.15 Å². The van der Waals surface area contributed by atoms with E-state index in [0.29, 0.717) is 23.7 Å². The molecule has 2 aromatic carbocycles. The zero-order chi connectivity index (χ0) is 22.0. The van der Waals surface area contributed by atoms with Crippen molar-refractivity contribution in [2.45, 2.75) is 30.4 Å². The van der Waals surface area contributed by atoms with Crippen LogP contribution in [0.5, 0.6) is 5.75 Å². The highest BCUT2D eigenvalue weighted by Gasteiger charge is 2.39. The number of sulfonamides is 1. The number of carbonyl (C=O) groups excluding carboxylic acids is 1. The van der Waals surface area contributed by atoms with Crippen LogP contribution >= 0.6 is 11.6 Å². The lowest BCUT2D eigenvalue weighted by molar-refractivity contribution is -0.132. The third-order valence-electron chi connectivity index (χ3n) is 5.21. The number of hydrogen-bond acceptors (Lipinski definition) is 6. The Bertz CT molecular complexity index is 1220. The van der Waals surface area contributed by atoms with E-state index in [-0.39, 0.29) is 18.0 Å². The van der Waals surface area contributed by atoms with Crippen molar-refractivity contribution in [1.29, 1.82) is 0 Å². The van der Waals surface area contributed by atoms with Crippen LogP contribution in [0.15, 0.2) is 59.5 Å². The largest absolute Gasteiger partial charge is 0.489 e.